The van der Waals surface area contributed by atoms with Gasteiger partial charge in [0.25, 0.3) is 0 Å². The third kappa shape index (κ3) is 2.54. The van der Waals surface area contributed by atoms with E-state index < -0.39 is 0 Å². The van der Waals surface area contributed by atoms with Gasteiger partial charge in [0.15, 0.2) is 0 Å². The maximum absolute atomic E-state index is 5.99. The predicted molar refractivity (Wildman–Crippen MR) is 75.3 cm³/mol. The second-order valence-corrected chi connectivity index (χ2v) is 4.46. The van der Waals surface area contributed by atoms with E-state index in [2.05, 4.69) is 15.3 Å². The molecular weight excluding hydrogens is 248 g/mol. The van der Waals surface area contributed by atoms with Gasteiger partial charge in [-0.25, -0.2) is 9.97 Å². The van der Waals surface area contributed by atoms with Gasteiger partial charge in [0, 0.05) is 16.3 Å². The third-order valence-corrected chi connectivity index (χ3v) is 3.02. The molecule has 0 atom stereocenters. The number of hydrogen-bond acceptors (Lipinski definition) is 4. The van der Waals surface area contributed by atoms with Crippen LogP contribution in [0.3, 0.4) is 0 Å². The number of nitrogens with two attached hydrogens (primary N) is 1. The summed E-state index contributed by atoms with van der Waals surface area (Å²) in [5.41, 5.74) is 8.77. The molecule has 2 rings (SSSR count). The van der Waals surface area contributed by atoms with E-state index in [0.717, 1.165) is 29.1 Å². The fourth-order valence-corrected chi connectivity index (χ4v) is 1.91. The molecule has 0 unspecified atom stereocenters. The Bertz CT molecular complexity index is 569. The first-order chi connectivity index (χ1) is 8.61. The van der Waals surface area contributed by atoms with E-state index in [1.165, 1.54) is 6.33 Å². The molecule has 1 aromatic carbocycles. The van der Waals surface area contributed by atoms with Crippen LogP contribution in [0.4, 0.5) is 17.3 Å². The molecule has 0 radical (unpaired) electrons. The molecule has 4 nitrogen and oxygen atoms in total. The summed E-state index contributed by atoms with van der Waals surface area (Å²) in [7, 11) is 0. The van der Waals surface area contributed by atoms with Crippen molar-refractivity contribution < 1.29 is 0 Å². The Morgan fingerprint density at radius 2 is 2.11 bits per heavy atom. The number of nitrogen functional groups attached to an aromatic ring is 1. The summed E-state index contributed by atoms with van der Waals surface area (Å²) in [6.45, 7) is 4.03. The zero-order valence-electron chi connectivity index (χ0n) is 10.4. The Morgan fingerprint density at radius 1 is 1.33 bits per heavy atom. The molecule has 0 amide bonds. The molecule has 18 heavy (non-hydrogen) atoms. The lowest BCUT2D eigenvalue weighted by Gasteiger charge is -2.13. The van der Waals surface area contributed by atoms with Crippen LogP contribution >= 0.6 is 11.6 Å². The number of benzene rings is 1. The van der Waals surface area contributed by atoms with Gasteiger partial charge in [-0.2, -0.15) is 0 Å². The topological polar surface area (TPSA) is 63.8 Å². The van der Waals surface area contributed by atoms with Crippen LogP contribution < -0.4 is 11.1 Å². The minimum atomic E-state index is 0.509. The van der Waals surface area contributed by atoms with Crippen molar-refractivity contribution in [2.45, 2.75) is 20.3 Å². The Morgan fingerprint density at radius 3 is 2.83 bits per heavy atom. The Kier molecular flexibility index (Phi) is 3.67. The van der Waals surface area contributed by atoms with Gasteiger partial charge in [0.2, 0.25) is 0 Å². The number of hydrogen-bond donors (Lipinski definition) is 2. The third-order valence-electron chi connectivity index (χ3n) is 2.78. The summed E-state index contributed by atoms with van der Waals surface area (Å²) in [6.07, 6.45) is 2.23. The lowest BCUT2D eigenvalue weighted by Crippen LogP contribution is -2.05. The Balaban J connectivity index is 2.40. The van der Waals surface area contributed by atoms with Crippen LogP contribution in [0.25, 0.3) is 0 Å². The molecule has 1 aromatic heterocycles. The maximum atomic E-state index is 5.99. The van der Waals surface area contributed by atoms with Crippen LogP contribution in [0.5, 0.6) is 0 Å². The fraction of sp³-hybridized carbons (Fsp3) is 0.231. The monoisotopic (exact) mass is 262 g/mol. The van der Waals surface area contributed by atoms with E-state index >= 15 is 0 Å². The van der Waals surface area contributed by atoms with Gasteiger partial charge in [-0.05, 0) is 31.0 Å². The molecule has 0 fully saturated rings. The highest BCUT2D eigenvalue weighted by Gasteiger charge is 2.08. The van der Waals surface area contributed by atoms with Crippen molar-refractivity contribution in [3.05, 3.63) is 40.7 Å². The molecule has 0 aliphatic carbocycles. The van der Waals surface area contributed by atoms with E-state index in [0.29, 0.717) is 10.8 Å². The average Bonchev–Trinajstić information content (AvgIpc) is 2.34. The zero-order valence-corrected chi connectivity index (χ0v) is 11.1. The van der Waals surface area contributed by atoms with Crippen LogP contribution in [0, 0.1) is 6.92 Å². The first-order valence-electron chi connectivity index (χ1n) is 5.74. The molecule has 0 bridgehead atoms. The molecule has 0 aliphatic heterocycles. The quantitative estimate of drug-likeness (QED) is 0.891. The van der Waals surface area contributed by atoms with Crippen molar-refractivity contribution in [2.24, 2.45) is 0 Å². The van der Waals surface area contributed by atoms with Crippen molar-refractivity contribution in [3.8, 4) is 0 Å². The number of nitrogens with zero attached hydrogens (tertiary/aromatic N) is 2. The van der Waals surface area contributed by atoms with E-state index in [9.17, 15) is 0 Å². The first kappa shape index (κ1) is 12.6. The van der Waals surface area contributed by atoms with Gasteiger partial charge >= 0.3 is 0 Å². The summed E-state index contributed by atoms with van der Waals surface area (Å²) in [5, 5.41) is 3.94. The lowest BCUT2D eigenvalue weighted by atomic mass is 10.1. The molecule has 2 aromatic rings. The van der Waals surface area contributed by atoms with Crippen LogP contribution in [0.1, 0.15) is 18.1 Å². The summed E-state index contributed by atoms with van der Waals surface area (Å²) >= 11 is 5.99. The van der Waals surface area contributed by atoms with Crippen molar-refractivity contribution in [1.29, 1.82) is 0 Å². The van der Waals surface area contributed by atoms with Crippen LogP contribution in [-0.4, -0.2) is 9.97 Å². The minimum Gasteiger partial charge on any atom is -0.383 e. The van der Waals surface area contributed by atoms with Gasteiger partial charge in [0.1, 0.15) is 18.0 Å². The Labute approximate surface area is 111 Å². The first-order valence-corrected chi connectivity index (χ1v) is 6.12. The zero-order chi connectivity index (χ0) is 13.1. The van der Waals surface area contributed by atoms with Crippen LogP contribution in [0.15, 0.2) is 24.5 Å². The number of aryl methyl sites for hydroxylation is 1. The molecule has 5 heteroatoms. The summed E-state index contributed by atoms with van der Waals surface area (Å²) < 4.78 is 0. The van der Waals surface area contributed by atoms with Crippen LogP contribution in [0.2, 0.25) is 5.02 Å². The number of anilines is 3. The van der Waals surface area contributed by atoms with E-state index in [1.807, 2.05) is 32.0 Å². The van der Waals surface area contributed by atoms with Gasteiger partial charge in [-0.1, -0.05) is 24.6 Å². The molecule has 0 saturated carbocycles. The lowest BCUT2D eigenvalue weighted by molar-refractivity contribution is 1.06. The standard InChI is InChI=1S/C13H15ClN4/c1-3-10-12(15)16-7-17-13(10)18-11-6-9(14)5-4-8(11)2/h4-7H,3H2,1-2H3,(H3,15,16,17,18). The normalized spacial score (nSPS) is 10.4. The fourth-order valence-electron chi connectivity index (χ4n) is 1.74. The highest BCUT2D eigenvalue weighted by atomic mass is 35.5. The summed E-state index contributed by atoms with van der Waals surface area (Å²) in [4.78, 5) is 8.22. The highest BCUT2D eigenvalue weighted by Crippen LogP contribution is 2.26. The number of nitrogens with one attached hydrogen (secondary N) is 1. The smallest absolute Gasteiger partial charge is 0.139 e. The number of halogens is 1. The average molecular weight is 263 g/mol. The van der Waals surface area contributed by atoms with Crippen molar-refractivity contribution >= 4 is 28.9 Å². The number of rotatable bonds is 3. The van der Waals surface area contributed by atoms with Gasteiger partial charge in [0.05, 0.1) is 0 Å². The largest absolute Gasteiger partial charge is 0.383 e. The molecular formula is C13H15ClN4. The van der Waals surface area contributed by atoms with Crippen molar-refractivity contribution in [3.63, 3.8) is 0 Å². The second-order valence-electron chi connectivity index (χ2n) is 4.02. The van der Waals surface area contributed by atoms with Gasteiger partial charge < -0.3 is 11.1 Å². The SMILES string of the molecule is CCc1c(N)ncnc1Nc1cc(Cl)ccc1C. The molecule has 0 saturated heterocycles. The van der Waals surface area contributed by atoms with Gasteiger partial charge in [-0.15, -0.1) is 0 Å². The van der Waals surface area contributed by atoms with Gasteiger partial charge in [-0.3, -0.25) is 0 Å². The maximum Gasteiger partial charge on any atom is 0.139 e. The predicted octanol–water partition coefficient (Wildman–Crippen LogP) is 3.33. The van der Waals surface area contributed by atoms with Crippen molar-refractivity contribution in [1.82, 2.24) is 9.97 Å². The van der Waals surface area contributed by atoms with E-state index in [1.54, 1.807) is 0 Å². The van der Waals surface area contributed by atoms with Crippen molar-refractivity contribution in [2.75, 3.05) is 11.1 Å². The van der Waals surface area contributed by atoms with E-state index in [-0.39, 0.29) is 0 Å². The Hall–Kier alpha value is -1.81. The second kappa shape index (κ2) is 5.23. The summed E-state index contributed by atoms with van der Waals surface area (Å²) in [6, 6.07) is 5.69. The number of aromatic nitrogens is 2. The molecule has 94 valence electrons. The molecule has 3 N–H and O–H groups in total. The summed E-state index contributed by atoms with van der Waals surface area (Å²) in [5.74, 6) is 1.24. The highest BCUT2D eigenvalue weighted by molar-refractivity contribution is 6.30. The minimum absolute atomic E-state index is 0.509. The molecule has 0 spiro atoms. The molecule has 1 heterocycles. The van der Waals surface area contributed by atoms with Crippen LogP contribution in [-0.2, 0) is 6.42 Å². The molecule has 0 aliphatic rings. The van der Waals surface area contributed by atoms with E-state index in [4.69, 9.17) is 17.3 Å².